The number of hydrogen-bond donors (Lipinski definition) is 1. The first-order chi connectivity index (χ1) is 8.92. The summed E-state index contributed by atoms with van der Waals surface area (Å²) in [6.07, 6.45) is 5.66. The van der Waals surface area contributed by atoms with Gasteiger partial charge in [-0.05, 0) is 43.4 Å². The van der Waals surface area contributed by atoms with Gasteiger partial charge >= 0.3 is 0 Å². The zero-order valence-corrected chi connectivity index (χ0v) is 10.7. The number of benzene rings is 1. The third-order valence-corrected chi connectivity index (χ3v) is 3.78. The van der Waals surface area contributed by atoms with E-state index in [9.17, 15) is 0 Å². The summed E-state index contributed by atoms with van der Waals surface area (Å²) in [4.78, 5) is 0. The minimum Gasteiger partial charge on any atom is -0.490 e. The van der Waals surface area contributed by atoms with Gasteiger partial charge in [0.2, 0.25) is 0 Å². The Morgan fingerprint density at radius 1 is 1.11 bits per heavy atom. The van der Waals surface area contributed by atoms with Crippen molar-refractivity contribution in [2.45, 2.75) is 37.9 Å². The van der Waals surface area contributed by atoms with Gasteiger partial charge in [-0.2, -0.15) is 0 Å². The second-order valence-corrected chi connectivity index (χ2v) is 5.16. The van der Waals surface area contributed by atoms with E-state index in [1.165, 1.54) is 31.2 Å². The fraction of sp³-hybridized carbons (Fsp3) is 0.600. The van der Waals surface area contributed by atoms with Crippen LogP contribution in [0.1, 0.15) is 37.4 Å². The summed E-state index contributed by atoms with van der Waals surface area (Å²) in [5.41, 5.74) is 1.24. The number of nitrogens with one attached hydrogen (secondary N) is 1. The molecule has 1 saturated heterocycles. The van der Waals surface area contributed by atoms with Gasteiger partial charge in [0.05, 0.1) is 18.8 Å². The minimum absolute atomic E-state index is 0.194. The molecule has 0 bridgehead atoms. The molecule has 1 aliphatic carbocycles. The molecule has 1 aromatic rings. The van der Waals surface area contributed by atoms with Crippen LogP contribution in [-0.4, -0.2) is 25.8 Å². The Morgan fingerprint density at radius 3 is 2.56 bits per heavy atom. The van der Waals surface area contributed by atoms with Crippen LogP contribution in [0, 0.1) is 0 Å². The number of morpholine rings is 1. The average molecular weight is 247 g/mol. The number of hydrogen-bond acceptors (Lipinski definition) is 3. The lowest BCUT2D eigenvalue weighted by molar-refractivity contribution is 0.0276. The zero-order chi connectivity index (χ0) is 12.2. The predicted molar refractivity (Wildman–Crippen MR) is 70.9 cm³/mol. The molecular weight excluding hydrogens is 226 g/mol. The smallest absolute Gasteiger partial charge is 0.119 e. The van der Waals surface area contributed by atoms with E-state index in [0.29, 0.717) is 6.10 Å². The Morgan fingerprint density at radius 2 is 1.89 bits per heavy atom. The SMILES string of the molecule is c1cc(C2CNCCO2)ccc1OC1CCCC1. The van der Waals surface area contributed by atoms with Gasteiger partial charge in [0, 0.05) is 13.1 Å². The lowest BCUT2D eigenvalue weighted by Crippen LogP contribution is -2.33. The van der Waals surface area contributed by atoms with Gasteiger partial charge in [-0.3, -0.25) is 0 Å². The first-order valence-electron chi connectivity index (χ1n) is 7.01. The maximum atomic E-state index is 5.96. The molecule has 0 amide bonds. The molecule has 1 unspecified atom stereocenters. The van der Waals surface area contributed by atoms with Gasteiger partial charge in [0.15, 0.2) is 0 Å². The number of ether oxygens (including phenoxy) is 2. The maximum Gasteiger partial charge on any atom is 0.119 e. The molecule has 1 aromatic carbocycles. The van der Waals surface area contributed by atoms with Gasteiger partial charge < -0.3 is 14.8 Å². The average Bonchev–Trinajstić information content (AvgIpc) is 2.94. The highest BCUT2D eigenvalue weighted by Gasteiger charge is 2.18. The molecule has 1 N–H and O–H groups in total. The molecular formula is C15H21NO2. The van der Waals surface area contributed by atoms with E-state index >= 15 is 0 Å². The van der Waals surface area contributed by atoms with E-state index in [-0.39, 0.29) is 6.10 Å². The van der Waals surface area contributed by atoms with Crippen molar-refractivity contribution in [3.63, 3.8) is 0 Å². The molecule has 0 radical (unpaired) electrons. The molecule has 98 valence electrons. The molecule has 1 heterocycles. The van der Waals surface area contributed by atoms with Crippen molar-refractivity contribution in [3.05, 3.63) is 29.8 Å². The van der Waals surface area contributed by atoms with Crippen molar-refractivity contribution in [1.82, 2.24) is 5.32 Å². The molecule has 3 rings (SSSR count). The molecule has 18 heavy (non-hydrogen) atoms. The van der Waals surface area contributed by atoms with E-state index < -0.39 is 0 Å². The summed E-state index contributed by atoms with van der Waals surface area (Å²) in [5.74, 6) is 0.995. The van der Waals surface area contributed by atoms with Gasteiger partial charge in [-0.25, -0.2) is 0 Å². The van der Waals surface area contributed by atoms with Crippen molar-refractivity contribution in [2.24, 2.45) is 0 Å². The summed E-state index contributed by atoms with van der Waals surface area (Å²) in [6, 6.07) is 8.40. The molecule has 0 spiro atoms. The van der Waals surface area contributed by atoms with Gasteiger partial charge in [-0.15, -0.1) is 0 Å². The largest absolute Gasteiger partial charge is 0.490 e. The summed E-state index contributed by atoms with van der Waals surface area (Å²) in [5, 5.41) is 3.35. The summed E-state index contributed by atoms with van der Waals surface area (Å²) in [7, 11) is 0. The summed E-state index contributed by atoms with van der Waals surface area (Å²) >= 11 is 0. The van der Waals surface area contributed by atoms with Crippen LogP contribution in [-0.2, 0) is 4.74 Å². The van der Waals surface area contributed by atoms with E-state index in [4.69, 9.17) is 9.47 Å². The molecule has 3 heteroatoms. The van der Waals surface area contributed by atoms with Crippen LogP contribution in [0.15, 0.2) is 24.3 Å². The van der Waals surface area contributed by atoms with Crippen molar-refractivity contribution >= 4 is 0 Å². The summed E-state index contributed by atoms with van der Waals surface area (Å²) < 4.78 is 11.7. The quantitative estimate of drug-likeness (QED) is 0.890. The fourth-order valence-electron chi connectivity index (χ4n) is 2.74. The molecule has 3 nitrogen and oxygen atoms in total. The first-order valence-corrected chi connectivity index (χ1v) is 7.01. The van der Waals surface area contributed by atoms with Gasteiger partial charge in [0.25, 0.3) is 0 Å². The highest BCUT2D eigenvalue weighted by Crippen LogP contribution is 2.26. The molecule has 2 fully saturated rings. The third-order valence-electron chi connectivity index (χ3n) is 3.78. The molecule has 1 aliphatic heterocycles. The Bertz CT molecular complexity index is 365. The standard InChI is InChI=1S/C15H21NO2/c1-2-4-13(3-1)18-14-7-5-12(6-8-14)15-11-16-9-10-17-15/h5-8,13,15-16H,1-4,9-11H2. The second-order valence-electron chi connectivity index (χ2n) is 5.16. The van der Waals surface area contributed by atoms with Crippen molar-refractivity contribution in [1.29, 1.82) is 0 Å². The summed E-state index contributed by atoms with van der Waals surface area (Å²) in [6.45, 7) is 2.66. The normalized spacial score (nSPS) is 25.2. The predicted octanol–water partition coefficient (Wildman–Crippen LogP) is 2.67. The minimum atomic E-state index is 0.194. The van der Waals surface area contributed by atoms with Crippen LogP contribution in [0.25, 0.3) is 0 Å². The van der Waals surface area contributed by atoms with Crippen molar-refractivity contribution in [2.75, 3.05) is 19.7 Å². The molecule has 1 atom stereocenters. The van der Waals surface area contributed by atoms with Crippen LogP contribution in [0.5, 0.6) is 5.75 Å². The number of rotatable bonds is 3. The zero-order valence-electron chi connectivity index (χ0n) is 10.7. The van der Waals surface area contributed by atoms with E-state index in [0.717, 1.165) is 25.4 Å². The lowest BCUT2D eigenvalue weighted by Gasteiger charge is -2.24. The van der Waals surface area contributed by atoms with Gasteiger partial charge in [-0.1, -0.05) is 12.1 Å². The first kappa shape index (κ1) is 12.0. The Balaban J connectivity index is 1.60. The van der Waals surface area contributed by atoms with Crippen LogP contribution < -0.4 is 10.1 Å². The fourth-order valence-corrected chi connectivity index (χ4v) is 2.74. The van der Waals surface area contributed by atoms with Crippen molar-refractivity contribution < 1.29 is 9.47 Å². The monoisotopic (exact) mass is 247 g/mol. The third kappa shape index (κ3) is 2.85. The van der Waals surface area contributed by atoms with E-state index in [1.54, 1.807) is 0 Å². The lowest BCUT2D eigenvalue weighted by atomic mass is 10.1. The Labute approximate surface area is 108 Å². The highest BCUT2D eigenvalue weighted by molar-refractivity contribution is 5.29. The Hall–Kier alpha value is -1.06. The van der Waals surface area contributed by atoms with E-state index in [1.807, 2.05) is 0 Å². The maximum absolute atomic E-state index is 5.96. The van der Waals surface area contributed by atoms with Crippen molar-refractivity contribution in [3.8, 4) is 5.75 Å². The molecule has 0 aromatic heterocycles. The molecule has 2 aliphatic rings. The highest BCUT2D eigenvalue weighted by atomic mass is 16.5. The van der Waals surface area contributed by atoms with Crippen LogP contribution in [0.4, 0.5) is 0 Å². The van der Waals surface area contributed by atoms with Gasteiger partial charge in [0.1, 0.15) is 5.75 Å². The second kappa shape index (κ2) is 5.72. The van der Waals surface area contributed by atoms with Crippen LogP contribution in [0.3, 0.4) is 0 Å². The Kier molecular flexibility index (Phi) is 3.81. The molecule has 1 saturated carbocycles. The van der Waals surface area contributed by atoms with Crippen LogP contribution in [0.2, 0.25) is 0 Å². The topological polar surface area (TPSA) is 30.5 Å². The van der Waals surface area contributed by atoms with Crippen LogP contribution >= 0.6 is 0 Å². The van der Waals surface area contributed by atoms with E-state index in [2.05, 4.69) is 29.6 Å².